The highest BCUT2D eigenvalue weighted by atomic mass is 32.2. The molecule has 0 radical (unpaired) electrons. The number of nitrogens with one attached hydrogen (secondary N) is 1. The van der Waals surface area contributed by atoms with Crippen molar-refractivity contribution in [2.75, 3.05) is 20.1 Å². The van der Waals surface area contributed by atoms with E-state index in [0.29, 0.717) is 31.7 Å². The summed E-state index contributed by atoms with van der Waals surface area (Å²) in [5, 5.41) is 1.04. The van der Waals surface area contributed by atoms with Crippen LogP contribution < -0.4 is 4.72 Å². The highest BCUT2D eigenvalue weighted by Crippen LogP contribution is 2.66. The van der Waals surface area contributed by atoms with E-state index in [1.165, 1.54) is 18.1 Å². The number of benzene rings is 2. The van der Waals surface area contributed by atoms with E-state index in [-0.39, 0.29) is 35.3 Å². The van der Waals surface area contributed by atoms with Crippen molar-refractivity contribution in [3.63, 3.8) is 0 Å². The summed E-state index contributed by atoms with van der Waals surface area (Å²) in [5.41, 5.74) is 4.60. The lowest BCUT2D eigenvalue weighted by atomic mass is 9.81. The zero-order valence-corrected chi connectivity index (χ0v) is 28.0. The number of carbonyl (C=O) groups excluding carboxylic acids is 2. The molecule has 3 saturated carbocycles. The first-order chi connectivity index (χ1) is 22.5. The lowest BCUT2D eigenvalue weighted by Gasteiger charge is -2.41. The lowest BCUT2D eigenvalue weighted by molar-refractivity contribution is -0.143. The second-order valence-corrected chi connectivity index (χ2v) is 18.0. The third-order valence-electron chi connectivity index (χ3n) is 12.7. The van der Waals surface area contributed by atoms with Gasteiger partial charge in [0.2, 0.25) is 15.9 Å². The van der Waals surface area contributed by atoms with Crippen LogP contribution in [0, 0.1) is 11.2 Å². The van der Waals surface area contributed by atoms with Crippen LogP contribution in [-0.4, -0.2) is 71.6 Å². The molecule has 5 fully saturated rings. The van der Waals surface area contributed by atoms with Gasteiger partial charge in [-0.3, -0.25) is 9.59 Å². The van der Waals surface area contributed by atoms with Crippen LogP contribution in [0.4, 0.5) is 4.39 Å². The molecule has 3 aliphatic carbocycles. The number of sulfonamides is 1. The van der Waals surface area contributed by atoms with Crippen molar-refractivity contribution < 1.29 is 22.4 Å². The molecule has 4 atom stereocenters. The van der Waals surface area contributed by atoms with Gasteiger partial charge in [0.25, 0.3) is 5.91 Å². The van der Waals surface area contributed by atoms with Gasteiger partial charge in [-0.05, 0) is 106 Å². The summed E-state index contributed by atoms with van der Waals surface area (Å²) in [4.78, 5) is 32.9. The quantitative estimate of drug-likeness (QED) is 0.369. The standard InChI is InChI=1S/C37H43FN4O4S/c1-36(14-15-36)47(45,46)39-34(43)23-8-12-28-31(16-23)41-21-37(35(44)42-25-10-11-26(42)20-40(2)19-25)18-30(37)29-17-24(38)9-13-27(29)33(41)32(28)22-6-4-3-5-7-22/h8-9,12-13,16-17,22,25-26,30H,3-7,10-11,14-15,18-21H2,1-2H3,(H,39,43)/t25?,26?,30?,37-/m0/s1. The third kappa shape index (κ3) is 4.42. The molecule has 3 unspecified atom stereocenters. The molecule has 10 heteroatoms. The molecule has 248 valence electrons. The van der Waals surface area contributed by atoms with Crippen LogP contribution in [0.3, 0.4) is 0 Å². The summed E-state index contributed by atoms with van der Waals surface area (Å²) < 4.78 is 44.8. The number of piperazine rings is 1. The van der Waals surface area contributed by atoms with Gasteiger partial charge in [-0.25, -0.2) is 17.5 Å². The maximum Gasteiger partial charge on any atom is 0.264 e. The van der Waals surface area contributed by atoms with E-state index in [9.17, 15) is 18.0 Å². The highest BCUT2D eigenvalue weighted by Gasteiger charge is 2.65. The fraction of sp³-hybridized carbons (Fsp3) is 0.568. The summed E-state index contributed by atoms with van der Waals surface area (Å²) in [7, 11) is -1.68. The number of hydrogen-bond acceptors (Lipinski definition) is 5. The van der Waals surface area contributed by atoms with Gasteiger partial charge in [0.05, 0.1) is 15.9 Å². The summed E-state index contributed by atoms with van der Waals surface area (Å²) in [6.07, 6.45) is 9.37. The minimum Gasteiger partial charge on any atom is -0.339 e. The number of aromatic nitrogens is 1. The van der Waals surface area contributed by atoms with Crippen molar-refractivity contribution in [3.05, 3.63) is 58.9 Å². The van der Waals surface area contributed by atoms with Crippen molar-refractivity contribution >= 4 is 32.7 Å². The number of likely N-dealkylation sites (N-methyl/N-ethyl adjacent to an activating group) is 1. The third-order valence-corrected chi connectivity index (χ3v) is 14.9. The van der Waals surface area contributed by atoms with E-state index in [1.54, 1.807) is 19.1 Å². The van der Waals surface area contributed by atoms with Crippen molar-refractivity contribution in [2.24, 2.45) is 5.41 Å². The summed E-state index contributed by atoms with van der Waals surface area (Å²) >= 11 is 0. The molecule has 4 heterocycles. The number of hydrogen-bond donors (Lipinski definition) is 1. The fourth-order valence-electron chi connectivity index (χ4n) is 9.74. The molecule has 2 saturated heterocycles. The van der Waals surface area contributed by atoms with Gasteiger partial charge in [0.15, 0.2) is 0 Å². The largest absolute Gasteiger partial charge is 0.339 e. The minimum absolute atomic E-state index is 0.0789. The zero-order valence-electron chi connectivity index (χ0n) is 27.2. The fourth-order valence-corrected chi connectivity index (χ4v) is 11.0. The predicted molar refractivity (Wildman–Crippen MR) is 178 cm³/mol. The van der Waals surface area contributed by atoms with E-state index in [2.05, 4.69) is 26.1 Å². The summed E-state index contributed by atoms with van der Waals surface area (Å²) in [6.45, 7) is 3.87. The van der Waals surface area contributed by atoms with Crippen molar-refractivity contribution in [1.29, 1.82) is 0 Å². The number of amides is 2. The van der Waals surface area contributed by atoms with Crippen LogP contribution in [0.2, 0.25) is 0 Å². The smallest absolute Gasteiger partial charge is 0.264 e. The van der Waals surface area contributed by atoms with Gasteiger partial charge in [-0.1, -0.05) is 25.3 Å². The Morgan fingerprint density at radius 2 is 1.68 bits per heavy atom. The number of halogens is 1. The highest BCUT2D eigenvalue weighted by molar-refractivity contribution is 7.91. The number of carbonyl (C=O) groups is 2. The zero-order chi connectivity index (χ0) is 32.5. The monoisotopic (exact) mass is 658 g/mol. The summed E-state index contributed by atoms with van der Waals surface area (Å²) in [5.74, 6) is -0.500. The molecule has 9 rings (SSSR count). The number of rotatable bonds is 5. The van der Waals surface area contributed by atoms with E-state index >= 15 is 4.39 Å². The van der Waals surface area contributed by atoms with Crippen LogP contribution in [0.25, 0.3) is 22.2 Å². The van der Waals surface area contributed by atoms with Gasteiger partial charge >= 0.3 is 0 Å². The Hall–Kier alpha value is -3.24. The van der Waals surface area contributed by atoms with E-state index < -0.39 is 26.1 Å². The first kappa shape index (κ1) is 29.9. The molecule has 2 amide bonds. The summed E-state index contributed by atoms with van der Waals surface area (Å²) in [6, 6.07) is 11.0. The van der Waals surface area contributed by atoms with E-state index in [1.807, 2.05) is 18.2 Å². The van der Waals surface area contributed by atoms with Crippen LogP contribution in [0.5, 0.6) is 0 Å². The van der Waals surface area contributed by atoms with Gasteiger partial charge in [0, 0.05) is 59.7 Å². The number of fused-ring (bicyclic) bond motifs is 9. The predicted octanol–water partition coefficient (Wildman–Crippen LogP) is 5.90. The van der Waals surface area contributed by atoms with E-state index in [4.69, 9.17) is 0 Å². The Morgan fingerprint density at radius 1 is 0.957 bits per heavy atom. The minimum atomic E-state index is -3.81. The van der Waals surface area contributed by atoms with Crippen molar-refractivity contribution in [2.45, 2.75) is 106 Å². The number of likely N-dealkylation sites (tertiary alicyclic amines) is 1. The second-order valence-electron chi connectivity index (χ2n) is 15.8. The average Bonchev–Trinajstić information content (AvgIpc) is 3.93. The molecule has 47 heavy (non-hydrogen) atoms. The van der Waals surface area contributed by atoms with Crippen molar-refractivity contribution in [1.82, 2.24) is 19.1 Å². The van der Waals surface area contributed by atoms with Gasteiger partial charge < -0.3 is 14.4 Å². The Kier molecular flexibility index (Phi) is 6.44. The van der Waals surface area contributed by atoms with Gasteiger partial charge in [-0.2, -0.15) is 0 Å². The first-order valence-electron chi connectivity index (χ1n) is 17.5. The van der Waals surface area contributed by atoms with Gasteiger partial charge in [0.1, 0.15) is 5.82 Å². The molecule has 8 nitrogen and oxygen atoms in total. The van der Waals surface area contributed by atoms with Gasteiger partial charge in [-0.15, -0.1) is 0 Å². The normalized spacial score (nSPS) is 29.5. The first-order valence-corrected chi connectivity index (χ1v) is 19.0. The molecule has 3 aliphatic heterocycles. The maximum atomic E-state index is 15.1. The van der Waals surface area contributed by atoms with Crippen molar-refractivity contribution in [3.8, 4) is 11.3 Å². The van der Waals surface area contributed by atoms with Crippen LogP contribution >= 0.6 is 0 Å². The molecule has 6 aliphatic rings. The Bertz CT molecular complexity index is 1950. The number of nitrogens with zero attached hydrogens (tertiary/aromatic N) is 3. The van der Waals surface area contributed by atoms with E-state index in [0.717, 1.165) is 79.3 Å². The van der Waals surface area contributed by atoms with Crippen LogP contribution in [0.1, 0.15) is 104 Å². The molecular formula is C37H43FN4O4S. The Morgan fingerprint density at radius 3 is 2.38 bits per heavy atom. The molecule has 1 aromatic heterocycles. The van der Waals surface area contributed by atoms with Crippen LogP contribution in [0.15, 0.2) is 36.4 Å². The molecule has 0 spiro atoms. The molecule has 2 aromatic carbocycles. The maximum absolute atomic E-state index is 15.1. The molecular weight excluding hydrogens is 615 g/mol. The molecule has 1 N–H and O–H groups in total. The topological polar surface area (TPSA) is 91.7 Å². The molecule has 2 bridgehead atoms. The Labute approximate surface area is 275 Å². The van der Waals surface area contributed by atoms with Crippen LogP contribution in [-0.2, 0) is 21.4 Å². The SMILES string of the molecule is CN1CC2CCC(C1)N2C(=O)[C@]12CC1c1cc(F)ccc1-c1c(C3CCCCC3)c3ccc(C(=O)NS(=O)(=O)C4(C)CC4)cc3n1C2. The second kappa shape index (κ2) is 10.1. The average molecular weight is 659 g/mol. The Balaban J connectivity index is 1.22. The lowest BCUT2D eigenvalue weighted by Crippen LogP contribution is -2.57. The molecule has 3 aromatic rings.